The maximum atomic E-state index is 12.8. The molecule has 6 heteroatoms. The number of aromatic carboxylic acids is 1. The van der Waals surface area contributed by atoms with E-state index in [1.54, 1.807) is 30.3 Å². The van der Waals surface area contributed by atoms with Gasteiger partial charge in [-0.15, -0.1) is 0 Å². The van der Waals surface area contributed by atoms with Gasteiger partial charge in [-0.3, -0.25) is 9.59 Å². The summed E-state index contributed by atoms with van der Waals surface area (Å²) in [7, 11) is 0. The van der Waals surface area contributed by atoms with Crippen LogP contribution in [0.15, 0.2) is 51.7 Å². The van der Waals surface area contributed by atoms with Crippen molar-refractivity contribution in [2.24, 2.45) is 0 Å². The van der Waals surface area contributed by atoms with Crippen molar-refractivity contribution in [3.63, 3.8) is 0 Å². The third-order valence-corrected chi connectivity index (χ3v) is 4.05. The molecule has 0 spiro atoms. The summed E-state index contributed by atoms with van der Waals surface area (Å²) in [6.07, 6.45) is 0.474. The number of hydrogen-bond donors (Lipinski definition) is 2. The average molecular weight is 351 g/mol. The van der Waals surface area contributed by atoms with Gasteiger partial charge in [0.2, 0.25) is 5.91 Å². The minimum Gasteiger partial charge on any atom is -0.478 e. The lowest BCUT2D eigenvalue weighted by Gasteiger charge is -2.10. The van der Waals surface area contributed by atoms with Crippen molar-refractivity contribution in [1.82, 2.24) is 0 Å². The number of rotatable bonds is 4. The Hall–Kier alpha value is -3.41. The summed E-state index contributed by atoms with van der Waals surface area (Å²) >= 11 is 0. The largest absolute Gasteiger partial charge is 0.478 e. The van der Waals surface area contributed by atoms with Crippen LogP contribution in [0, 0.1) is 0 Å². The van der Waals surface area contributed by atoms with Crippen molar-refractivity contribution in [1.29, 1.82) is 0 Å². The molecule has 1 heterocycles. The molecule has 0 aliphatic heterocycles. The second-order valence-corrected chi connectivity index (χ2v) is 5.87. The maximum absolute atomic E-state index is 12.8. The summed E-state index contributed by atoms with van der Waals surface area (Å²) in [6.45, 7) is 3.26. The Morgan fingerprint density at radius 2 is 1.81 bits per heavy atom. The van der Waals surface area contributed by atoms with E-state index in [-0.39, 0.29) is 16.9 Å². The molecule has 132 valence electrons. The number of amides is 1. The minimum absolute atomic E-state index is 0.138. The van der Waals surface area contributed by atoms with E-state index in [1.165, 1.54) is 19.1 Å². The van der Waals surface area contributed by atoms with Gasteiger partial charge in [-0.1, -0.05) is 19.1 Å². The third kappa shape index (κ3) is 3.21. The number of carboxylic acid groups (broad SMARTS) is 1. The Labute approximate surface area is 149 Å². The first-order chi connectivity index (χ1) is 12.4. The molecule has 2 N–H and O–H groups in total. The number of carboxylic acids is 1. The van der Waals surface area contributed by atoms with E-state index in [4.69, 9.17) is 9.52 Å². The summed E-state index contributed by atoms with van der Waals surface area (Å²) in [5, 5.41) is 12.1. The molecule has 2 aromatic carbocycles. The number of benzene rings is 2. The highest BCUT2D eigenvalue weighted by Gasteiger charge is 2.16. The van der Waals surface area contributed by atoms with Gasteiger partial charge in [0.15, 0.2) is 5.43 Å². The summed E-state index contributed by atoms with van der Waals surface area (Å²) in [6, 6.07) is 11.1. The van der Waals surface area contributed by atoms with Gasteiger partial charge in [0.25, 0.3) is 0 Å². The van der Waals surface area contributed by atoms with E-state index >= 15 is 0 Å². The van der Waals surface area contributed by atoms with Crippen molar-refractivity contribution in [2.45, 2.75) is 20.3 Å². The van der Waals surface area contributed by atoms with Crippen LogP contribution in [0.2, 0.25) is 0 Å². The molecule has 0 atom stereocenters. The van der Waals surface area contributed by atoms with Crippen molar-refractivity contribution in [3.05, 3.63) is 63.8 Å². The van der Waals surface area contributed by atoms with Gasteiger partial charge in [0.1, 0.15) is 11.3 Å². The fraction of sp³-hybridized carbons (Fsp3) is 0.150. The van der Waals surface area contributed by atoms with Crippen LogP contribution >= 0.6 is 0 Å². The zero-order chi connectivity index (χ0) is 18.8. The van der Waals surface area contributed by atoms with E-state index in [1.807, 2.05) is 6.92 Å². The monoisotopic (exact) mass is 351 g/mol. The number of nitrogens with one attached hydrogen (secondary N) is 1. The first-order valence-corrected chi connectivity index (χ1v) is 8.11. The standard InChI is InChI=1S/C20H17NO5/c1-3-15-18(23)16-9-8-14(21-11(2)22)10-17(16)26-19(15)12-4-6-13(7-5-12)20(24)25/h4-10H,3H2,1-2H3,(H,21,22)(H,24,25). The number of carbonyl (C=O) groups excluding carboxylic acids is 1. The molecular formula is C20H17NO5. The van der Waals surface area contributed by atoms with Crippen molar-refractivity contribution < 1.29 is 19.1 Å². The molecule has 1 amide bonds. The zero-order valence-electron chi connectivity index (χ0n) is 14.3. The van der Waals surface area contributed by atoms with Crippen LogP contribution in [0.1, 0.15) is 29.8 Å². The lowest BCUT2D eigenvalue weighted by molar-refractivity contribution is -0.114. The molecule has 0 saturated carbocycles. The average Bonchev–Trinajstić information content (AvgIpc) is 2.61. The normalized spacial score (nSPS) is 10.7. The Morgan fingerprint density at radius 3 is 2.38 bits per heavy atom. The van der Waals surface area contributed by atoms with Crippen LogP contribution in [0.5, 0.6) is 0 Å². The highest BCUT2D eigenvalue weighted by molar-refractivity contribution is 5.92. The molecule has 1 aromatic heterocycles. The molecule has 3 rings (SSSR count). The molecule has 0 aliphatic carbocycles. The minimum atomic E-state index is -1.02. The number of hydrogen-bond acceptors (Lipinski definition) is 4. The molecule has 0 aliphatic rings. The van der Waals surface area contributed by atoms with Crippen LogP contribution in [0.4, 0.5) is 5.69 Å². The van der Waals surface area contributed by atoms with Gasteiger partial charge in [-0.05, 0) is 30.7 Å². The molecule has 3 aromatic rings. The Balaban J connectivity index is 2.21. The number of fused-ring (bicyclic) bond motifs is 1. The quantitative estimate of drug-likeness (QED) is 0.747. The zero-order valence-corrected chi connectivity index (χ0v) is 14.3. The van der Waals surface area contributed by atoms with Crippen LogP contribution in [0.3, 0.4) is 0 Å². The smallest absolute Gasteiger partial charge is 0.335 e. The molecule has 6 nitrogen and oxygen atoms in total. The molecule has 0 bridgehead atoms. The van der Waals surface area contributed by atoms with E-state index in [9.17, 15) is 14.4 Å². The highest BCUT2D eigenvalue weighted by Crippen LogP contribution is 2.28. The first kappa shape index (κ1) is 17.4. The van der Waals surface area contributed by atoms with Gasteiger partial charge in [-0.25, -0.2) is 4.79 Å². The van der Waals surface area contributed by atoms with Crippen molar-refractivity contribution in [3.8, 4) is 11.3 Å². The van der Waals surface area contributed by atoms with E-state index < -0.39 is 5.97 Å². The first-order valence-electron chi connectivity index (χ1n) is 8.11. The van der Waals surface area contributed by atoms with E-state index in [0.29, 0.717) is 40.0 Å². The molecule has 0 radical (unpaired) electrons. The maximum Gasteiger partial charge on any atom is 0.335 e. The Bertz CT molecular complexity index is 1060. The van der Waals surface area contributed by atoms with Crippen LogP contribution in [0.25, 0.3) is 22.3 Å². The van der Waals surface area contributed by atoms with Gasteiger partial charge < -0.3 is 14.8 Å². The second-order valence-electron chi connectivity index (χ2n) is 5.87. The van der Waals surface area contributed by atoms with Gasteiger partial charge >= 0.3 is 5.97 Å². The summed E-state index contributed by atoms with van der Waals surface area (Å²) in [4.78, 5) is 35.1. The van der Waals surface area contributed by atoms with Crippen LogP contribution in [-0.4, -0.2) is 17.0 Å². The van der Waals surface area contributed by atoms with E-state index in [2.05, 4.69) is 5.32 Å². The predicted molar refractivity (Wildman–Crippen MR) is 98.6 cm³/mol. The third-order valence-electron chi connectivity index (χ3n) is 4.05. The highest BCUT2D eigenvalue weighted by atomic mass is 16.4. The number of anilines is 1. The van der Waals surface area contributed by atoms with Crippen molar-refractivity contribution >= 4 is 28.5 Å². The Kier molecular flexibility index (Phi) is 4.58. The molecule has 0 fully saturated rings. The Morgan fingerprint density at radius 1 is 1.12 bits per heavy atom. The fourth-order valence-electron chi connectivity index (χ4n) is 2.83. The SMILES string of the molecule is CCc1c(-c2ccc(C(=O)O)cc2)oc2cc(NC(C)=O)ccc2c1=O. The van der Waals surface area contributed by atoms with Gasteiger partial charge in [-0.2, -0.15) is 0 Å². The van der Waals surface area contributed by atoms with Crippen molar-refractivity contribution in [2.75, 3.05) is 5.32 Å². The molecule has 0 saturated heterocycles. The molecular weight excluding hydrogens is 334 g/mol. The topological polar surface area (TPSA) is 96.6 Å². The van der Waals surface area contributed by atoms with Gasteiger partial charge in [0, 0.05) is 29.8 Å². The lowest BCUT2D eigenvalue weighted by atomic mass is 10.0. The molecule has 26 heavy (non-hydrogen) atoms. The molecule has 0 unspecified atom stereocenters. The fourth-order valence-corrected chi connectivity index (χ4v) is 2.83. The predicted octanol–water partition coefficient (Wildman–Crippen LogP) is 3.68. The van der Waals surface area contributed by atoms with Crippen LogP contribution in [-0.2, 0) is 11.2 Å². The summed E-state index contributed by atoms with van der Waals surface area (Å²) < 4.78 is 5.97. The lowest BCUT2D eigenvalue weighted by Crippen LogP contribution is -2.11. The number of carbonyl (C=O) groups is 2. The van der Waals surface area contributed by atoms with Gasteiger partial charge in [0.05, 0.1) is 10.9 Å². The summed E-state index contributed by atoms with van der Waals surface area (Å²) in [5.41, 5.74) is 2.05. The van der Waals surface area contributed by atoms with E-state index in [0.717, 1.165) is 0 Å². The second kappa shape index (κ2) is 6.84. The van der Waals surface area contributed by atoms with Crippen LogP contribution < -0.4 is 10.7 Å². The summed E-state index contributed by atoms with van der Waals surface area (Å²) in [5.74, 6) is -0.838.